The Morgan fingerprint density at radius 3 is 2.77 bits per heavy atom. The molecule has 4 aromatic rings. The summed E-state index contributed by atoms with van der Waals surface area (Å²) in [6.45, 7) is -0.193. The Morgan fingerprint density at radius 2 is 2.00 bits per heavy atom. The predicted molar refractivity (Wildman–Crippen MR) is 101 cm³/mol. The Kier molecular flexibility index (Phi) is 4.18. The maximum absolute atomic E-state index is 12.9. The largest absolute Gasteiger partial charge is 0.325 e. The first-order chi connectivity index (χ1) is 12.5. The van der Waals surface area contributed by atoms with E-state index in [2.05, 4.69) is 10.3 Å². The molecule has 0 unspecified atom stereocenters. The Bertz CT molecular complexity index is 1200. The van der Waals surface area contributed by atoms with E-state index in [4.69, 9.17) is 11.6 Å². The van der Waals surface area contributed by atoms with Crippen LogP contribution in [0.25, 0.3) is 20.3 Å². The van der Waals surface area contributed by atoms with Gasteiger partial charge in [-0.2, -0.15) is 0 Å². The van der Waals surface area contributed by atoms with Crippen molar-refractivity contribution in [1.82, 2.24) is 9.55 Å². The number of hydrogen-bond acceptors (Lipinski definition) is 4. The Morgan fingerprint density at radius 1 is 1.23 bits per heavy atom. The van der Waals surface area contributed by atoms with E-state index in [1.807, 2.05) is 12.1 Å². The van der Waals surface area contributed by atoms with Gasteiger partial charge in [0.1, 0.15) is 17.1 Å². The first-order valence-electron chi connectivity index (χ1n) is 7.64. The molecule has 130 valence electrons. The van der Waals surface area contributed by atoms with Crippen LogP contribution in [-0.4, -0.2) is 15.5 Å². The maximum Gasteiger partial charge on any atom is 0.271 e. The molecule has 0 aliphatic heterocycles. The summed E-state index contributed by atoms with van der Waals surface area (Å²) in [5.74, 6) is -0.795. The fraction of sp³-hybridized carbons (Fsp3) is 0.0556. The molecule has 2 aromatic heterocycles. The number of fused-ring (bicyclic) bond motifs is 3. The quantitative estimate of drug-likeness (QED) is 0.577. The molecule has 0 saturated carbocycles. The molecule has 26 heavy (non-hydrogen) atoms. The summed E-state index contributed by atoms with van der Waals surface area (Å²) in [6.07, 6.45) is 1.34. The molecule has 2 aromatic carbocycles. The normalized spacial score (nSPS) is 11.2. The van der Waals surface area contributed by atoms with Gasteiger partial charge in [0.05, 0.1) is 16.9 Å². The van der Waals surface area contributed by atoms with Crippen molar-refractivity contribution in [3.05, 3.63) is 70.0 Å². The molecule has 1 amide bonds. The minimum atomic E-state index is -0.404. The van der Waals surface area contributed by atoms with Gasteiger partial charge in [0, 0.05) is 15.8 Å². The van der Waals surface area contributed by atoms with E-state index < -0.39 is 11.7 Å². The first kappa shape index (κ1) is 16.7. The molecule has 0 radical (unpaired) electrons. The number of anilines is 1. The number of nitrogens with zero attached hydrogens (tertiary/aromatic N) is 2. The van der Waals surface area contributed by atoms with Gasteiger partial charge in [-0.1, -0.05) is 17.7 Å². The van der Waals surface area contributed by atoms with Crippen LogP contribution in [0.1, 0.15) is 0 Å². The van der Waals surface area contributed by atoms with Crippen molar-refractivity contribution in [2.45, 2.75) is 6.54 Å². The third-order valence-corrected chi connectivity index (χ3v) is 5.31. The van der Waals surface area contributed by atoms with Crippen LogP contribution in [0, 0.1) is 5.82 Å². The van der Waals surface area contributed by atoms with Gasteiger partial charge in [-0.15, -0.1) is 11.3 Å². The lowest BCUT2D eigenvalue weighted by Gasteiger charge is -2.07. The summed E-state index contributed by atoms with van der Waals surface area (Å²) in [4.78, 5) is 29.2. The van der Waals surface area contributed by atoms with Gasteiger partial charge >= 0.3 is 0 Å². The van der Waals surface area contributed by atoms with Crippen LogP contribution in [0.2, 0.25) is 5.02 Å². The first-order valence-corrected chi connectivity index (χ1v) is 8.84. The average Bonchev–Trinajstić information content (AvgIpc) is 3.00. The van der Waals surface area contributed by atoms with E-state index in [9.17, 15) is 14.0 Å². The summed E-state index contributed by atoms with van der Waals surface area (Å²) in [5, 5.41) is 3.90. The zero-order valence-corrected chi connectivity index (χ0v) is 14.8. The van der Waals surface area contributed by atoms with Crippen LogP contribution in [0.4, 0.5) is 10.1 Å². The summed E-state index contributed by atoms with van der Waals surface area (Å²) in [7, 11) is 0. The molecule has 2 heterocycles. The molecule has 4 rings (SSSR count). The van der Waals surface area contributed by atoms with Crippen molar-refractivity contribution in [2.24, 2.45) is 0 Å². The lowest BCUT2D eigenvalue weighted by atomic mass is 10.2. The summed E-state index contributed by atoms with van der Waals surface area (Å²) < 4.78 is 15.5. The second kappa shape index (κ2) is 6.51. The number of halogens is 2. The van der Waals surface area contributed by atoms with Gasteiger partial charge in [0.2, 0.25) is 5.91 Å². The Hall–Kier alpha value is -2.77. The number of benzene rings is 2. The van der Waals surface area contributed by atoms with E-state index in [0.29, 0.717) is 20.9 Å². The topological polar surface area (TPSA) is 64.0 Å². The van der Waals surface area contributed by atoms with Gasteiger partial charge in [0.15, 0.2) is 0 Å². The van der Waals surface area contributed by atoms with Crippen molar-refractivity contribution in [3.63, 3.8) is 0 Å². The highest BCUT2D eigenvalue weighted by molar-refractivity contribution is 7.25. The van der Waals surface area contributed by atoms with Crippen LogP contribution >= 0.6 is 22.9 Å². The third kappa shape index (κ3) is 2.95. The zero-order chi connectivity index (χ0) is 18.3. The summed E-state index contributed by atoms with van der Waals surface area (Å²) in [5.41, 5.74) is 0.685. The van der Waals surface area contributed by atoms with Crippen LogP contribution in [0.15, 0.2) is 53.6 Å². The van der Waals surface area contributed by atoms with E-state index in [-0.39, 0.29) is 12.1 Å². The highest BCUT2D eigenvalue weighted by Crippen LogP contribution is 2.34. The standard InChI is InChI=1S/C18H11ClFN3O2S/c19-12-2-1-3-13-15(12)16-17(26-13)18(25)23(9-21-16)8-14(24)22-11-6-4-10(20)5-7-11/h1-7,9H,8H2,(H,22,24). The molecule has 5 nitrogen and oxygen atoms in total. The number of carbonyl (C=O) groups is 1. The molecule has 8 heteroatoms. The maximum atomic E-state index is 12.9. The zero-order valence-electron chi connectivity index (χ0n) is 13.2. The number of thiophene rings is 1. The highest BCUT2D eigenvalue weighted by atomic mass is 35.5. The van der Waals surface area contributed by atoms with Crippen molar-refractivity contribution in [2.75, 3.05) is 5.32 Å². The molecule has 0 aliphatic rings. The lowest BCUT2D eigenvalue weighted by Crippen LogP contribution is -2.27. The van der Waals surface area contributed by atoms with E-state index in [0.717, 1.165) is 10.1 Å². The van der Waals surface area contributed by atoms with E-state index in [1.54, 1.807) is 6.07 Å². The van der Waals surface area contributed by atoms with E-state index >= 15 is 0 Å². The van der Waals surface area contributed by atoms with Gasteiger partial charge in [-0.05, 0) is 36.4 Å². The predicted octanol–water partition coefficient (Wildman–Crippen LogP) is 4.04. The number of amides is 1. The van der Waals surface area contributed by atoms with Crippen molar-refractivity contribution >= 4 is 54.8 Å². The fourth-order valence-electron chi connectivity index (χ4n) is 2.67. The second-order valence-corrected chi connectivity index (χ2v) is 7.08. The highest BCUT2D eigenvalue weighted by Gasteiger charge is 2.15. The second-order valence-electron chi connectivity index (χ2n) is 5.63. The molecule has 0 aliphatic carbocycles. The van der Waals surface area contributed by atoms with Crippen molar-refractivity contribution in [3.8, 4) is 0 Å². The monoisotopic (exact) mass is 387 g/mol. The van der Waals surface area contributed by atoms with Gasteiger partial charge < -0.3 is 5.32 Å². The third-order valence-electron chi connectivity index (χ3n) is 3.86. The number of hydrogen-bond donors (Lipinski definition) is 1. The van der Waals surface area contributed by atoms with Crippen LogP contribution in [-0.2, 0) is 11.3 Å². The SMILES string of the molecule is O=C(Cn1cnc2c(sc3cccc(Cl)c32)c1=O)Nc1ccc(F)cc1. The molecular formula is C18H11ClFN3O2S. The Labute approximate surface area is 155 Å². The van der Waals surface area contributed by atoms with Crippen LogP contribution < -0.4 is 10.9 Å². The number of nitrogens with one attached hydrogen (secondary N) is 1. The number of rotatable bonds is 3. The van der Waals surface area contributed by atoms with Crippen LogP contribution in [0.5, 0.6) is 0 Å². The van der Waals surface area contributed by atoms with Crippen molar-refractivity contribution < 1.29 is 9.18 Å². The number of aromatic nitrogens is 2. The van der Waals surface area contributed by atoms with E-state index in [1.165, 1.54) is 46.5 Å². The minimum absolute atomic E-state index is 0.193. The van der Waals surface area contributed by atoms with Gasteiger partial charge in [0.25, 0.3) is 5.56 Å². The smallest absolute Gasteiger partial charge is 0.271 e. The van der Waals surface area contributed by atoms with Gasteiger partial charge in [-0.25, -0.2) is 9.37 Å². The molecule has 0 fully saturated rings. The summed E-state index contributed by atoms with van der Waals surface area (Å²) >= 11 is 7.52. The number of carbonyl (C=O) groups excluding carboxylic acids is 1. The van der Waals surface area contributed by atoms with Crippen molar-refractivity contribution in [1.29, 1.82) is 0 Å². The fourth-order valence-corrected chi connectivity index (χ4v) is 4.12. The average molecular weight is 388 g/mol. The summed E-state index contributed by atoms with van der Waals surface area (Å²) in [6, 6.07) is 10.8. The molecule has 0 spiro atoms. The molecule has 1 N–H and O–H groups in total. The molecule has 0 atom stereocenters. The molecular weight excluding hydrogens is 377 g/mol. The van der Waals surface area contributed by atoms with Gasteiger partial charge in [-0.3, -0.25) is 14.2 Å². The van der Waals surface area contributed by atoms with Crippen LogP contribution in [0.3, 0.4) is 0 Å². The lowest BCUT2D eigenvalue weighted by molar-refractivity contribution is -0.116. The molecule has 0 bridgehead atoms. The molecule has 0 saturated heterocycles. The minimum Gasteiger partial charge on any atom is -0.325 e. The Balaban J connectivity index is 1.66.